The molecular weight excluding hydrogens is 252 g/mol. The van der Waals surface area contributed by atoms with E-state index in [0.717, 1.165) is 11.3 Å². The van der Waals surface area contributed by atoms with Gasteiger partial charge < -0.3 is 0 Å². The van der Waals surface area contributed by atoms with Gasteiger partial charge in [0.05, 0.1) is 5.02 Å². The van der Waals surface area contributed by atoms with Gasteiger partial charge in [0.1, 0.15) is 0 Å². The lowest BCUT2D eigenvalue weighted by Gasteiger charge is -2.01. The van der Waals surface area contributed by atoms with Crippen LogP contribution in [0.4, 0.5) is 0 Å². The van der Waals surface area contributed by atoms with Crippen molar-refractivity contribution in [3.05, 3.63) is 56.7 Å². The number of Topliss-reactive ketones (excluding diaryl/α,β-unsaturated/α-hetero) is 1. The SMILES string of the molecule is CCc1ccc(CC(=O)c2ccccc2Cl)s1. The van der Waals surface area contributed by atoms with Crippen LogP contribution in [0.15, 0.2) is 36.4 Å². The Balaban J connectivity index is 2.14. The highest BCUT2D eigenvalue weighted by molar-refractivity contribution is 7.12. The van der Waals surface area contributed by atoms with Gasteiger partial charge in [-0.2, -0.15) is 0 Å². The molecular formula is C14H13ClOS. The van der Waals surface area contributed by atoms with Crippen molar-refractivity contribution in [3.63, 3.8) is 0 Å². The molecule has 0 saturated heterocycles. The standard InChI is InChI=1S/C14H13ClOS/c1-2-10-7-8-11(17-10)9-14(16)12-5-3-4-6-13(12)15/h3-8H,2,9H2,1H3. The first kappa shape index (κ1) is 12.3. The van der Waals surface area contributed by atoms with Gasteiger partial charge in [-0.1, -0.05) is 30.7 Å². The molecule has 1 heterocycles. The minimum atomic E-state index is 0.0834. The zero-order chi connectivity index (χ0) is 12.3. The Labute approximate surface area is 110 Å². The molecule has 0 unspecified atom stereocenters. The number of carbonyl (C=O) groups is 1. The molecule has 1 nitrogen and oxygen atoms in total. The molecule has 17 heavy (non-hydrogen) atoms. The molecule has 3 heteroatoms. The van der Waals surface area contributed by atoms with Crippen molar-refractivity contribution < 1.29 is 4.79 Å². The number of ketones is 1. The first-order valence-corrected chi connectivity index (χ1v) is 6.75. The van der Waals surface area contributed by atoms with Crippen LogP contribution in [0.1, 0.15) is 27.0 Å². The molecule has 0 aliphatic rings. The van der Waals surface area contributed by atoms with Gasteiger partial charge in [0.15, 0.2) is 5.78 Å². The maximum absolute atomic E-state index is 12.1. The topological polar surface area (TPSA) is 17.1 Å². The third-order valence-electron chi connectivity index (χ3n) is 2.57. The molecule has 0 N–H and O–H groups in total. The Morgan fingerprint density at radius 1 is 1.18 bits per heavy atom. The van der Waals surface area contributed by atoms with E-state index in [1.807, 2.05) is 18.2 Å². The van der Waals surface area contributed by atoms with E-state index >= 15 is 0 Å². The van der Waals surface area contributed by atoms with Crippen molar-refractivity contribution in [2.45, 2.75) is 19.8 Å². The molecule has 88 valence electrons. The zero-order valence-corrected chi connectivity index (χ0v) is 11.1. The summed E-state index contributed by atoms with van der Waals surface area (Å²) in [6, 6.07) is 11.3. The Morgan fingerprint density at radius 3 is 2.53 bits per heavy atom. The Morgan fingerprint density at radius 2 is 1.88 bits per heavy atom. The van der Waals surface area contributed by atoms with E-state index in [1.54, 1.807) is 23.5 Å². The average Bonchev–Trinajstić information content (AvgIpc) is 2.77. The van der Waals surface area contributed by atoms with Crippen molar-refractivity contribution in [2.75, 3.05) is 0 Å². The van der Waals surface area contributed by atoms with Gasteiger partial charge in [-0.25, -0.2) is 0 Å². The van der Waals surface area contributed by atoms with Gasteiger partial charge in [-0.05, 0) is 30.7 Å². The summed E-state index contributed by atoms with van der Waals surface area (Å²) >= 11 is 7.70. The number of thiophene rings is 1. The number of benzene rings is 1. The molecule has 0 aliphatic heterocycles. The molecule has 0 atom stereocenters. The molecule has 2 aromatic rings. The fourth-order valence-corrected chi connectivity index (χ4v) is 2.85. The minimum Gasteiger partial charge on any atom is -0.294 e. The van der Waals surface area contributed by atoms with E-state index in [9.17, 15) is 4.79 Å². The van der Waals surface area contributed by atoms with Crippen molar-refractivity contribution in [1.82, 2.24) is 0 Å². The summed E-state index contributed by atoms with van der Waals surface area (Å²) in [5.41, 5.74) is 0.612. The Hall–Kier alpha value is -1.12. The highest BCUT2D eigenvalue weighted by Gasteiger charge is 2.11. The first-order valence-electron chi connectivity index (χ1n) is 5.56. The molecule has 0 fully saturated rings. The Bertz CT molecular complexity index is 531. The number of rotatable bonds is 4. The summed E-state index contributed by atoms with van der Waals surface area (Å²) in [4.78, 5) is 14.5. The van der Waals surface area contributed by atoms with Crippen molar-refractivity contribution >= 4 is 28.7 Å². The predicted molar refractivity (Wildman–Crippen MR) is 73.2 cm³/mol. The normalized spacial score (nSPS) is 10.5. The largest absolute Gasteiger partial charge is 0.294 e. The third kappa shape index (κ3) is 2.96. The molecule has 0 saturated carbocycles. The van der Waals surface area contributed by atoms with Crippen LogP contribution in [0.2, 0.25) is 5.02 Å². The van der Waals surface area contributed by atoms with Crippen molar-refractivity contribution in [1.29, 1.82) is 0 Å². The van der Waals surface area contributed by atoms with E-state index in [0.29, 0.717) is 17.0 Å². The van der Waals surface area contributed by atoms with Crippen LogP contribution < -0.4 is 0 Å². The van der Waals surface area contributed by atoms with E-state index < -0.39 is 0 Å². The second-order valence-corrected chi connectivity index (χ2v) is 5.46. The smallest absolute Gasteiger partial charge is 0.169 e. The maximum Gasteiger partial charge on any atom is 0.169 e. The number of halogens is 1. The van der Waals surface area contributed by atoms with Crippen LogP contribution in [0.3, 0.4) is 0 Å². The summed E-state index contributed by atoms with van der Waals surface area (Å²) < 4.78 is 0. The highest BCUT2D eigenvalue weighted by Crippen LogP contribution is 2.21. The van der Waals surface area contributed by atoms with Crippen molar-refractivity contribution in [2.24, 2.45) is 0 Å². The second-order valence-electron chi connectivity index (χ2n) is 3.80. The minimum absolute atomic E-state index is 0.0834. The molecule has 2 rings (SSSR count). The predicted octanol–water partition coefficient (Wildman–Crippen LogP) is 4.39. The lowest BCUT2D eigenvalue weighted by molar-refractivity contribution is 0.0994. The van der Waals surface area contributed by atoms with Gasteiger partial charge >= 0.3 is 0 Å². The van der Waals surface area contributed by atoms with Gasteiger partial charge in [-0.3, -0.25) is 4.79 Å². The fourth-order valence-electron chi connectivity index (χ4n) is 1.65. The van der Waals surface area contributed by atoms with Crippen LogP contribution in [0.25, 0.3) is 0 Å². The summed E-state index contributed by atoms with van der Waals surface area (Å²) in [5, 5.41) is 0.532. The highest BCUT2D eigenvalue weighted by atomic mass is 35.5. The molecule has 0 aliphatic carbocycles. The second kappa shape index (κ2) is 5.48. The van der Waals surface area contributed by atoms with Crippen LogP contribution in [0, 0.1) is 0 Å². The summed E-state index contributed by atoms with van der Waals surface area (Å²) in [7, 11) is 0. The quantitative estimate of drug-likeness (QED) is 0.749. The van der Waals surface area contributed by atoms with Gasteiger partial charge in [-0.15, -0.1) is 11.3 Å². The van der Waals surface area contributed by atoms with Gasteiger partial charge in [0.25, 0.3) is 0 Å². The van der Waals surface area contributed by atoms with Crippen LogP contribution >= 0.6 is 22.9 Å². The lowest BCUT2D eigenvalue weighted by atomic mass is 10.1. The van der Waals surface area contributed by atoms with E-state index in [4.69, 9.17) is 11.6 Å². The number of carbonyl (C=O) groups excluding carboxylic acids is 1. The molecule has 0 bridgehead atoms. The van der Waals surface area contributed by atoms with Crippen LogP contribution in [-0.4, -0.2) is 5.78 Å². The van der Waals surface area contributed by atoms with Crippen LogP contribution in [-0.2, 0) is 12.8 Å². The molecule has 1 aromatic heterocycles. The molecule has 1 aromatic carbocycles. The Kier molecular flexibility index (Phi) is 3.97. The number of aryl methyl sites for hydroxylation is 1. The molecule has 0 amide bonds. The van der Waals surface area contributed by atoms with Crippen LogP contribution in [0.5, 0.6) is 0 Å². The van der Waals surface area contributed by atoms with Gasteiger partial charge in [0.2, 0.25) is 0 Å². The molecule has 0 radical (unpaired) electrons. The lowest BCUT2D eigenvalue weighted by Crippen LogP contribution is -2.02. The van der Waals surface area contributed by atoms with E-state index in [2.05, 4.69) is 13.0 Å². The van der Waals surface area contributed by atoms with Crippen molar-refractivity contribution in [3.8, 4) is 0 Å². The molecule has 0 spiro atoms. The first-order chi connectivity index (χ1) is 8.20. The zero-order valence-electron chi connectivity index (χ0n) is 9.57. The summed E-state index contributed by atoms with van der Waals surface area (Å²) in [6.45, 7) is 2.12. The monoisotopic (exact) mass is 264 g/mol. The fraction of sp³-hybridized carbons (Fsp3) is 0.214. The number of hydrogen-bond acceptors (Lipinski definition) is 2. The van der Waals surface area contributed by atoms with Gasteiger partial charge in [0, 0.05) is 21.7 Å². The van der Waals surface area contributed by atoms with E-state index in [1.165, 1.54) is 4.88 Å². The maximum atomic E-state index is 12.1. The third-order valence-corrected chi connectivity index (χ3v) is 4.13. The average molecular weight is 265 g/mol. The number of hydrogen-bond donors (Lipinski definition) is 0. The van der Waals surface area contributed by atoms with E-state index in [-0.39, 0.29) is 5.78 Å². The summed E-state index contributed by atoms with van der Waals surface area (Å²) in [6.07, 6.45) is 1.46. The summed E-state index contributed by atoms with van der Waals surface area (Å²) in [5.74, 6) is 0.0834.